The smallest absolute Gasteiger partial charge is 0.0541 e. The normalized spacial score (nSPS) is 10.2. The minimum Gasteiger partial charge on any atom is -0.356 e. The molecule has 0 bridgehead atoms. The number of hydrazine groups is 1. The van der Waals surface area contributed by atoms with Crippen molar-refractivity contribution >= 4 is 22.7 Å². The van der Waals surface area contributed by atoms with Gasteiger partial charge in [-0.25, -0.2) is 0 Å². The van der Waals surface area contributed by atoms with Crippen molar-refractivity contribution in [2.24, 2.45) is 0 Å². The fourth-order valence-electron chi connectivity index (χ4n) is 2.85. The number of para-hydroxylation sites is 1. The zero-order valence-electron chi connectivity index (χ0n) is 14.9. The molecule has 4 aromatic carbocycles. The van der Waals surface area contributed by atoms with Gasteiger partial charge in [-0.15, -0.1) is 0 Å². The third kappa shape index (κ3) is 4.47. The molecular formula is C24H21N3. The second kappa shape index (κ2) is 8.11. The van der Waals surface area contributed by atoms with Gasteiger partial charge in [-0.1, -0.05) is 60.7 Å². The van der Waals surface area contributed by atoms with E-state index in [4.69, 9.17) is 0 Å². The topological polar surface area (TPSA) is 36.1 Å². The molecule has 0 atom stereocenters. The highest BCUT2D eigenvalue weighted by molar-refractivity contribution is 5.67. The molecule has 3 nitrogen and oxygen atoms in total. The second-order valence-corrected chi connectivity index (χ2v) is 6.26. The maximum atomic E-state index is 3.38. The second-order valence-electron chi connectivity index (χ2n) is 6.26. The lowest BCUT2D eigenvalue weighted by molar-refractivity contribution is 1.41. The quantitative estimate of drug-likeness (QED) is 0.345. The highest BCUT2D eigenvalue weighted by Gasteiger charge is 1.98. The SMILES string of the molecule is c1ccc(Nc2ccc(NNc3ccc(-c4ccccc4)cc3)cc2)cc1. The fourth-order valence-corrected chi connectivity index (χ4v) is 2.85. The Bertz CT molecular complexity index is 964. The van der Waals surface area contributed by atoms with Crippen molar-refractivity contribution in [2.45, 2.75) is 0 Å². The van der Waals surface area contributed by atoms with Gasteiger partial charge in [0, 0.05) is 11.4 Å². The van der Waals surface area contributed by atoms with Gasteiger partial charge in [-0.2, -0.15) is 0 Å². The standard InChI is InChI=1S/C24H21N3/c1-3-7-19(8-4-1)20-11-13-23(14-12-20)26-27-24-17-15-22(16-18-24)25-21-9-5-2-6-10-21/h1-18,25-27H. The van der Waals surface area contributed by atoms with Gasteiger partial charge in [0.2, 0.25) is 0 Å². The molecular weight excluding hydrogens is 330 g/mol. The molecule has 27 heavy (non-hydrogen) atoms. The molecule has 0 spiro atoms. The van der Waals surface area contributed by atoms with Crippen LogP contribution in [0.4, 0.5) is 22.7 Å². The molecule has 4 aromatic rings. The summed E-state index contributed by atoms with van der Waals surface area (Å²) < 4.78 is 0. The van der Waals surface area contributed by atoms with Crippen LogP contribution in [0.5, 0.6) is 0 Å². The summed E-state index contributed by atoms with van der Waals surface area (Å²) in [5.74, 6) is 0. The van der Waals surface area contributed by atoms with Gasteiger partial charge in [-0.3, -0.25) is 0 Å². The van der Waals surface area contributed by atoms with Crippen molar-refractivity contribution in [3.05, 3.63) is 109 Å². The Hall–Kier alpha value is -3.72. The molecule has 3 N–H and O–H groups in total. The number of nitrogens with one attached hydrogen (secondary N) is 3. The monoisotopic (exact) mass is 351 g/mol. The molecule has 0 heterocycles. The van der Waals surface area contributed by atoms with E-state index in [9.17, 15) is 0 Å². The highest BCUT2D eigenvalue weighted by Crippen LogP contribution is 2.22. The van der Waals surface area contributed by atoms with Gasteiger partial charge in [0.05, 0.1) is 11.4 Å². The summed E-state index contributed by atoms with van der Waals surface area (Å²) in [7, 11) is 0. The van der Waals surface area contributed by atoms with E-state index in [0.717, 1.165) is 22.7 Å². The summed E-state index contributed by atoms with van der Waals surface area (Å²) in [6.07, 6.45) is 0. The number of rotatable bonds is 6. The van der Waals surface area contributed by atoms with E-state index in [1.807, 2.05) is 48.5 Å². The summed E-state index contributed by atoms with van der Waals surface area (Å²) in [5.41, 5.74) is 13.0. The van der Waals surface area contributed by atoms with Crippen LogP contribution in [0, 0.1) is 0 Å². The average Bonchev–Trinajstić information content (AvgIpc) is 2.75. The molecule has 0 unspecified atom stereocenters. The van der Waals surface area contributed by atoms with Crippen LogP contribution in [0.3, 0.4) is 0 Å². The number of hydrogen-bond acceptors (Lipinski definition) is 3. The molecule has 0 aliphatic carbocycles. The maximum absolute atomic E-state index is 3.38. The van der Waals surface area contributed by atoms with Crippen LogP contribution in [0.15, 0.2) is 109 Å². The summed E-state index contributed by atoms with van der Waals surface area (Å²) in [5, 5.41) is 3.38. The summed E-state index contributed by atoms with van der Waals surface area (Å²) in [6.45, 7) is 0. The van der Waals surface area contributed by atoms with Crippen LogP contribution in [0.2, 0.25) is 0 Å². The van der Waals surface area contributed by atoms with Gasteiger partial charge in [-0.05, 0) is 59.7 Å². The van der Waals surface area contributed by atoms with Crippen molar-refractivity contribution in [1.82, 2.24) is 0 Å². The molecule has 0 aliphatic rings. The lowest BCUT2D eigenvalue weighted by Gasteiger charge is -2.12. The summed E-state index contributed by atoms with van der Waals surface area (Å²) in [4.78, 5) is 0. The van der Waals surface area contributed by atoms with Crippen LogP contribution in [-0.4, -0.2) is 0 Å². The molecule has 0 aliphatic heterocycles. The molecule has 4 rings (SSSR count). The van der Waals surface area contributed by atoms with Crippen LogP contribution in [0.1, 0.15) is 0 Å². The third-order valence-corrected chi connectivity index (χ3v) is 4.29. The predicted molar refractivity (Wildman–Crippen MR) is 115 cm³/mol. The Morgan fingerprint density at radius 3 is 1.33 bits per heavy atom. The molecule has 0 amide bonds. The van der Waals surface area contributed by atoms with Crippen molar-refractivity contribution in [3.63, 3.8) is 0 Å². The largest absolute Gasteiger partial charge is 0.356 e. The van der Waals surface area contributed by atoms with Gasteiger partial charge < -0.3 is 16.2 Å². The molecule has 0 radical (unpaired) electrons. The minimum absolute atomic E-state index is 1.00. The van der Waals surface area contributed by atoms with E-state index in [1.54, 1.807) is 0 Å². The first-order valence-electron chi connectivity index (χ1n) is 8.96. The molecule has 132 valence electrons. The Labute approximate surface area is 159 Å². The molecule has 0 saturated carbocycles. The zero-order valence-corrected chi connectivity index (χ0v) is 14.9. The van der Waals surface area contributed by atoms with Gasteiger partial charge in [0.15, 0.2) is 0 Å². The van der Waals surface area contributed by atoms with E-state index in [-0.39, 0.29) is 0 Å². The van der Waals surface area contributed by atoms with E-state index in [2.05, 4.69) is 76.8 Å². The molecule has 0 aromatic heterocycles. The van der Waals surface area contributed by atoms with Crippen LogP contribution >= 0.6 is 0 Å². The lowest BCUT2D eigenvalue weighted by Crippen LogP contribution is -2.08. The first kappa shape index (κ1) is 16.7. The highest BCUT2D eigenvalue weighted by atomic mass is 15.4. The number of anilines is 4. The van der Waals surface area contributed by atoms with Gasteiger partial charge in [0.25, 0.3) is 0 Å². The van der Waals surface area contributed by atoms with Gasteiger partial charge >= 0.3 is 0 Å². The fraction of sp³-hybridized carbons (Fsp3) is 0. The maximum Gasteiger partial charge on any atom is 0.0541 e. The van der Waals surface area contributed by atoms with Crippen LogP contribution in [0.25, 0.3) is 11.1 Å². The Balaban J connectivity index is 1.34. The van der Waals surface area contributed by atoms with Crippen molar-refractivity contribution in [2.75, 3.05) is 16.2 Å². The Kier molecular flexibility index (Phi) is 5.02. The lowest BCUT2D eigenvalue weighted by atomic mass is 10.1. The van der Waals surface area contributed by atoms with Crippen molar-refractivity contribution < 1.29 is 0 Å². The van der Waals surface area contributed by atoms with E-state index >= 15 is 0 Å². The first-order chi connectivity index (χ1) is 13.4. The Morgan fingerprint density at radius 1 is 0.333 bits per heavy atom. The Morgan fingerprint density at radius 2 is 0.741 bits per heavy atom. The molecule has 3 heteroatoms. The first-order valence-corrected chi connectivity index (χ1v) is 8.96. The molecule has 0 saturated heterocycles. The van der Waals surface area contributed by atoms with Gasteiger partial charge in [0.1, 0.15) is 0 Å². The average molecular weight is 351 g/mol. The van der Waals surface area contributed by atoms with E-state index < -0.39 is 0 Å². The zero-order chi connectivity index (χ0) is 18.3. The van der Waals surface area contributed by atoms with Crippen LogP contribution in [-0.2, 0) is 0 Å². The van der Waals surface area contributed by atoms with Crippen LogP contribution < -0.4 is 16.2 Å². The summed E-state index contributed by atoms with van der Waals surface area (Å²) >= 11 is 0. The van der Waals surface area contributed by atoms with Crippen molar-refractivity contribution in [1.29, 1.82) is 0 Å². The summed E-state index contributed by atoms with van der Waals surface area (Å²) in [6, 6.07) is 37.1. The minimum atomic E-state index is 1.00. The number of benzene rings is 4. The molecule has 0 fully saturated rings. The third-order valence-electron chi connectivity index (χ3n) is 4.29. The predicted octanol–water partition coefficient (Wildman–Crippen LogP) is 6.54. The van der Waals surface area contributed by atoms with E-state index in [1.165, 1.54) is 11.1 Å². The van der Waals surface area contributed by atoms with E-state index in [0.29, 0.717) is 0 Å². The van der Waals surface area contributed by atoms with Crippen molar-refractivity contribution in [3.8, 4) is 11.1 Å². The number of hydrogen-bond donors (Lipinski definition) is 3.